The highest BCUT2D eigenvalue weighted by Crippen LogP contribution is 2.08. The van der Waals surface area contributed by atoms with Crippen molar-refractivity contribution in [1.29, 1.82) is 0 Å². The molecule has 0 aromatic carbocycles. The maximum absolute atomic E-state index is 11.5. The summed E-state index contributed by atoms with van der Waals surface area (Å²) in [6.45, 7) is 11.9. The van der Waals surface area contributed by atoms with Crippen LogP contribution in [0, 0.1) is 0 Å². The largest absolute Gasteiger partial charge is 0.748 e. The first-order valence-corrected chi connectivity index (χ1v) is 9.86. The molecule has 150 valence electrons. The Morgan fingerprint density at radius 2 is 1.35 bits per heavy atom. The Morgan fingerprint density at radius 3 is 1.69 bits per heavy atom. The van der Waals surface area contributed by atoms with Crippen LogP contribution in [0.15, 0.2) is 24.3 Å². The molecule has 8 nitrogen and oxygen atoms in total. The van der Waals surface area contributed by atoms with Gasteiger partial charge in [-0.3, -0.25) is 0 Å². The summed E-state index contributed by atoms with van der Waals surface area (Å²) < 4.78 is 42.7. The summed E-state index contributed by atoms with van der Waals surface area (Å²) in [5.74, 6) is -1.38. The van der Waals surface area contributed by atoms with Gasteiger partial charge in [-0.05, 0) is 26.7 Å². The number of esters is 2. The summed E-state index contributed by atoms with van der Waals surface area (Å²) in [4.78, 5) is 22.9. The molecule has 0 bridgehead atoms. The van der Waals surface area contributed by atoms with Gasteiger partial charge in [0.25, 0.3) is 0 Å². The molecular weight excluding hydrogens is 362 g/mol. The lowest BCUT2D eigenvalue weighted by atomic mass is 10.2. The highest BCUT2D eigenvalue weighted by molar-refractivity contribution is 7.85. The summed E-state index contributed by atoms with van der Waals surface area (Å²) in [5.41, 5.74) is 0.602. The number of nitrogens with zero attached hydrogens (tertiary/aromatic N) is 1. The predicted octanol–water partition coefficient (Wildman–Crippen LogP) is 0.997. The van der Waals surface area contributed by atoms with Crippen LogP contribution in [0.2, 0.25) is 0 Å². The number of carbonyl (C=O) groups excluding carboxylic acids is 2. The number of carbonyl (C=O) groups is 2. The van der Waals surface area contributed by atoms with E-state index in [1.807, 2.05) is 7.05 Å². The molecule has 0 atom stereocenters. The van der Waals surface area contributed by atoms with Crippen LogP contribution < -0.4 is 0 Å². The maximum Gasteiger partial charge on any atom is 0.333 e. The lowest BCUT2D eigenvalue weighted by Crippen LogP contribution is -2.49. The van der Waals surface area contributed by atoms with Gasteiger partial charge in [-0.2, -0.15) is 0 Å². The van der Waals surface area contributed by atoms with Crippen molar-refractivity contribution in [2.75, 3.05) is 45.6 Å². The first kappa shape index (κ1) is 24.3. The number of hydrogen-bond donors (Lipinski definition) is 0. The van der Waals surface area contributed by atoms with E-state index in [9.17, 15) is 22.6 Å². The lowest BCUT2D eigenvalue weighted by Gasteiger charge is -2.34. The van der Waals surface area contributed by atoms with E-state index in [0.717, 1.165) is 0 Å². The first-order chi connectivity index (χ1) is 11.9. The summed E-state index contributed by atoms with van der Waals surface area (Å²) in [5, 5.41) is 0. The van der Waals surface area contributed by atoms with Crippen LogP contribution in [-0.4, -0.2) is 75.0 Å². The molecule has 0 spiro atoms. The standard InChI is InChI=1S/C17H29NO7S/c1-14(2)16(19)24-11-9-18(5,8-6-7-13-26(21,22)23)10-12-25-17(20)15(3)4/h1,3,6-13H2,2,4-5H3. The van der Waals surface area contributed by atoms with Gasteiger partial charge < -0.3 is 18.5 Å². The average molecular weight is 391 g/mol. The maximum atomic E-state index is 11.5. The van der Waals surface area contributed by atoms with Crippen LogP contribution >= 0.6 is 0 Å². The van der Waals surface area contributed by atoms with Gasteiger partial charge in [0.1, 0.15) is 26.3 Å². The summed E-state index contributed by atoms with van der Waals surface area (Å²) in [6, 6.07) is 0. The van der Waals surface area contributed by atoms with Crippen molar-refractivity contribution in [3.05, 3.63) is 24.3 Å². The minimum Gasteiger partial charge on any atom is -0.748 e. The second-order valence-electron chi connectivity index (χ2n) is 6.59. The van der Waals surface area contributed by atoms with E-state index >= 15 is 0 Å². The third-order valence-corrected chi connectivity index (χ3v) is 4.56. The normalized spacial score (nSPS) is 11.7. The van der Waals surface area contributed by atoms with Gasteiger partial charge in [-0.1, -0.05) is 13.2 Å². The number of hydrogen-bond acceptors (Lipinski definition) is 7. The van der Waals surface area contributed by atoms with Crippen LogP contribution in [0.5, 0.6) is 0 Å². The molecule has 26 heavy (non-hydrogen) atoms. The monoisotopic (exact) mass is 391 g/mol. The highest BCUT2D eigenvalue weighted by atomic mass is 32.2. The lowest BCUT2D eigenvalue weighted by molar-refractivity contribution is -0.910. The fourth-order valence-corrected chi connectivity index (χ4v) is 2.63. The topological polar surface area (TPSA) is 110 Å². The Labute approximate surface area is 155 Å². The quantitative estimate of drug-likeness (QED) is 0.151. The van der Waals surface area contributed by atoms with E-state index in [1.165, 1.54) is 0 Å². The zero-order chi connectivity index (χ0) is 20.4. The third kappa shape index (κ3) is 11.8. The SMILES string of the molecule is C=C(C)C(=O)OCC[N+](C)(CCCCS(=O)(=O)[O-])CCOC(=O)C(=C)C. The summed E-state index contributed by atoms with van der Waals surface area (Å²) in [7, 11) is -2.35. The van der Waals surface area contributed by atoms with Crippen molar-refractivity contribution in [1.82, 2.24) is 0 Å². The minimum atomic E-state index is -4.23. The molecule has 9 heteroatoms. The molecule has 0 amide bonds. The molecule has 0 aliphatic carbocycles. The van der Waals surface area contributed by atoms with Gasteiger partial charge in [0.15, 0.2) is 0 Å². The van der Waals surface area contributed by atoms with Crippen LogP contribution in [0.25, 0.3) is 0 Å². The molecule has 0 radical (unpaired) electrons. The van der Waals surface area contributed by atoms with Crippen molar-refractivity contribution in [2.24, 2.45) is 0 Å². The smallest absolute Gasteiger partial charge is 0.333 e. The summed E-state index contributed by atoms with van der Waals surface area (Å²) in [6.07, 6.45) is 0.748. The van der Waals surface area contributed by atoms with Gasteiger partial charge in [0.2, 0.25) is 0 Å². The molecule has 0 saturated heterocycles. The number of likely N-dealkylation sites (N-methyl/N-ethyl adjacent to an activating group) is 1. The second kappa shape index (κ2) is 11.1. The van der Waals surface area contributed by atoms with Crippen LogP contribution in [-0.2, 0) is 29.2 Å². The second-order valence-corrected chi connectivity index (χ2v) is 8.12. The Hall–Kier alpha value is -1.71. The molecular formula is C17H29NO7S. The van der Waals surface area contributed by atoms with E-state index in [1.54, 1.807) is 13.8 Å². The van der Waals surface area contributed by atoms with E-state index in [-0.39, 0.29) is 19.6 Å². The molecule has 0 aliphatic rings. The number of quaternary nitrogens is 1. The Bertz CT molecular complexity index is 593. The summed E-state index contributed by atoms with van der Waals surface area (Å²) >= 11 is 0. The van der Waals surface area contributed by atoms with Crippen LogP contribution in [0.4, 0.5) is 0 Å². The fourth-order valence-electron chi connectivity index (χ4n) is 2.07. The van der Waals surface area contributed by atoms with E-state index in [4.69, 9.17) is 9.47 Å². The van der Waals surface area contributed by atoms with Crippen molar-refractivity contribution in [2.45, 2.75) is 26.7 Å². The molecule has 0 unspecified atom stereocenters. The number of ether oxygens (including phenoxy) is 2. The fraction of sp³-hybridized carbons (Fsp3) is 0.647. The van der Waals surface area contributed by atoms with Gasteiger partial charge in [-0.15, -0.1) is 0 Å². The van der Waals surface area contributed by atoms with E-state index in [0.29, 0.717) is 41.7 Å². The third-order valence-electron chi connectivity index (χ3n) is 3.77. The number of rotatable bonds is 13. The molecule has 0 rings (SSSR count). The predicted molar refractivity (Wildman–Crippen MR) is 96.1 cm³/mol. The van der Waals surface area contributed by atoms with Crippen molar-refractivity contribution in [3.63, 3.8) is 0 Å². The van der Waals surface area contributed by atoms with Crippen LogP contribution in [0.3, 0.4) is 0 Å². The van der Waals surface area contributed by atoms with E-state index in [2.05, 4.69) is 13.2 Å². The van der Waals surface area contributed by atoms with Gasteiger partial charge >= 0.3 is 11.9 Å². The minimum absolute atomic E-state index is 0.149. The molecule has 0 saturated carbocycles. The molecule has 0 heterocycles. The van der Waals surface area contributed by atoms with E-state index < -0.39 is 27.8 Å². The Kier molecular flexibility index (Phi) is 10.4. The Balaban J connectivity index is 4.62. The molecule has 0 aliphatic heterocycles. The average Bonchev–Trinajstić information content (AvgIpc) is 2.50. The molecule has 0 aromatic rings. The molecule has 0 fully saturated rings. The number of unbranched alkanes of at least 4 members (excludes halogenated alkanes) is 1. The van der Waals surface area contributed by atoms with Gasteiger partial charge in [0.05, 0.1) is 23.7 Å². The highest BCUT2D eigenvalue weighted by Gasteiger charge is 2.23. The van der Waals surface area contributed by atoms with Gasteiger partial charge in [0, 0.05) is 16.9 Å². The molecule has 0 aromatic heterocycles. The first-order valence-electron chi connectivity index (χ1n) is 8.29. The molecule has 0 N–H and O–H groups in total. The van der Waals surface area contributed by atoms with Crippen molar-refractivity contribution < 1.29 is 36.5 Å². The van der Waals surface area contributed by atoms with Crippen molar-refractivity contribution >= 4 is 22.1 Å². The Morgan fingerprint density at radius 1 is 0.923 bits per heavy atom. The van der Waals surface area contributed by atoms with Gasteiger partial charge in [-0.25, -0.2) is 18.0 Å². The zero-order valence-corrected chi connectivity index (χ0v) is 16.6. The van der Waals surface area contributed by atoms with Crippen LogP contribution in [0.1, 0.15) is 26.7 Å². The zero-order valence-electron chi connectivity index (χ0n) is 15.8. The van der Waals surface area contributed by atoms with Crippen molar-refractivity contribution in [3.8, 4) is 0 Å².